The second-order valence-corrected chi connectivity index (χ2v) is 5.98. The lowest BCUT2D eigenvalue weighted by Gasteiger charge is -2.08. The number of nitrogens with one attached hydrogen (secondary N) is 2. The maximum absolute atomic E-state index is 12.1. The number of benzene rings is 1. The first kappa shape index (κ1) is 14.8. The number of aromatic nitrogens is 4. The number of amides is 1. The quantitative estimate of drug-likeness (QED) is 0.566. The van der Waals surface area contributed by atoms with Crippen molar-refractivity contribution in [3.05, 3.63) is 41.4 Å². The molecule has 0 saturated carbocycles. The van der Waals surface area contributed by atoms with E-state index in [9.17, 15) is 4.79 Å². The largest absolute Gasteiger partial charge is 0.341 e. The molecular formula is C14H12ClN5OS. The highest BCUT2D eigenvalue weighted by molar-refractivity contribution is 8.00. The molecule has 2 N–H and O–H groups in total. The number of thioether (sulfide) groups is 1. The molecule has 0 saturated heterocycles. The van der Waals surface area contributed by atoms with E-state index in [-0.39, 0.29) is 11.7 Å². The van der Waals surface area contributed by atoms with Gasteiger partial charge in [0.1, 0.15) is 16.9 Å². The molecule has 0 aliphatic carbocycles. The van der Waals surface area contributed by atoms with E-state index in [0.29, 0.717) is 21.4 Å². The van der Waals surface area contributed by atoms with Crippen LogP contribution in [0.2, 0.25) is 5.02 Å². The maximum Gasteiger partial charge on any atom is 0.234 e. The Morgan fingerprint density at radius 2 is 2.23 bits per heavy atom. The van der Waals surface area contributed by atoms with Gasteiger partial charge in [-0.15, -0.1) is 0 Å². The summed E-state index contributed by atoms with van der Waals surface area (Å²) in [5.74, 6) is 0.110. The minimum atomic E-state index is -0.123. The van der Waals surface area contributed by atoms with E-state index in [1.54, 1.807) is 18.5 Å². The van der Waals surface area contributed by atoms with Crippen molar-refractivity contribution in [2.75, 3.05) is 11.1 Å². The first-order valence-electron chi connectivity index (χ1n) is 6.46. The Balaban J connectivity index is 1.67. The molecule has 0 atom stereocenters. The SMILES string of the molecule is Cc1ccc(Cl)cc1NC(=O)CSc1ncnc2nc[nH]c12. The third-order valence-corrected chi connectivity index (χ3v) is 4.23. The molecule has 0 fully saturated rings. The number of imidazole rings is 1. The van der Waals surface area contributed by atoms with E-state index in [0.717, 1.165) is 11.1 Å². The highest BCUT2D eigenvalue weighted by Crippen LogP contribution is 2.23. The fourth-order valence-corrected chi connectivity index (χ4v) is 2.83. The van der Waals surface area contributed by atoms with Crippen LogP contribution in [-0.2, 0) is 4.79 Å². The zero-order valence-corrected chi connectivity index (χ0v) is 13.2. The molecule has 2 heterocycles. The number of carbonyl (C=O) groups is 1. The summed E-state index contributed by atoms with van der Waals surface area (Å²) in [5.41, 5.74) is 3.00. The third kappa shape index (κ3) is 3.20. The van der Waals surface area contributed by atoms with Crippen LogP contribution in [0.1, 0.15) is 5.56 Å². The molecule has 0 aliphatic rings. The molecular weight excluding hydrogens is 322 g/mol. The lowest BCUT2D eigenvalue weighted by molar-refractivity contribution is -0.113. The number of halogens is 1. The summed E-state index contributed by atoms with van der Waals surface area (Å²) in [4.78, 5) is 27.3. The van der Waals surface area contributed by atoms with E-state index in [2.05, 4.69) is 25.3 Å². The molecule has 2 aromatic heterocycles. The third-order valence-electron chi connectivity index (χ3n) is 3.00. The van der Waals surface area contributed by atoms with Gasteiger partial charge in [0.25, 0.3) is 0 Å². The summed E-state index contributed by atoms with van der Waals surface area (Å²) in [7, 11) is 0. The first-order chi connectivity index (χ1) is 10.6. The van der Waals surface area contributed by atoms with Gasteiger partial charge in [-0.1, -0.05) is 29.4 Å². The average molecular weight is 334 g/mol. The molecule has 3 rings (SSSR count). The molecule has 1 aromatic carbocycles. The Bertz CT molecular complexity index is 835. The minimum absolute atomic E-state index is 0.123. The number of nitrogens with zero attached hydrogens (tertiary/aromatic N) is 3. The van der Waals surface area contributed by atoms with Crippen molar-refractivity contribution in [3.63, 3.8) is 0 Å². The van der Waals surface area contributed by atoms with Crippen LogP contribution >= 0.6 is 23.4 Å². The normalized spacial score (nSPS) is 10.8. The van der Waals surface area contributed by atoms with E-state index in [1.807, 2.05) is 13.0 Å². The van der Waals surface area contributed by atoms with Gasteiger partial charge in [-0.2, -0.15) is 0 Å². The molecule has 0 aliphatic heterocycles. The summed E-state index contributed by atoms with van der Waals surface area (Å²) in [6, 6.07) is 5.39. The average Bonchev–Trinajstić information content (AvgIpc) is 2.98. The lowest BCUT2D eigenvalue weighted by Crippen LogP contribution is -2.15. The highest BCUT2D eigenvalue weighted by atomic mass is 35.5. The molecule has 0 unspecified atom stereocenters. The van der Waals surface area contributed by atoms with Crippen molar-refractivity contribution < 1.29 is 4.79 Å². The van der Waals surface area contributed by atoms with Gasteiger partial charge in [0.15, 0.2) is 5.65 Å². The molecule has 112 valence electrons. The van der Waals surface area contributed by atoms with Gasteiger partial charge in [0.2, 0.25) is 5.91 Å². The molecule has 22 heavy (non-hydrogen) atoms. The zero-order valence-electron chi connectivity index (χ0n) is 11.6. The van der Waals surface area contributed by atoms with Crippen LogP contribution in [0.15, 0.2) is 35.9 Å². The van der Waals surface area contributed by atoms with Gasteiger partial charge >= 0.3 is 0 Å². The van der Waals surface area contributed by atoms with Gasteiger partial charge in [0.05, 0.1) is 12.1 Å². The number of H-pyrrole nitrogens is 1. The summed E-state index contributed by atoms with van der Waals surface area (Å²) in [6.45, 7) is 1.91. The second kappa shape index (κ2) is 6.33. The lowest BCUT2D eigenvalue weighted by atomic mass is 10.2. The Labute approximate surface area is 135 Å². The van der Waals surface area contributed by atoms with Crippen LogP contribution in [-0.4, -0.2) is 31.6 Å². The maximum atomic E-state index is 12.1. The smallest absolute Gasteiger partial charge is 0.234 e. The van der Waals surface area contributed by atoms with Crippen LogP contribution in [0.4, 0.5) is 5.69 Å². The molecule has 8 heteroatoms. The van der Waals surface area contributed by atoms with Crippen molar-refractivity contribution in [2.24, 2.45) is 0 Å². The van der Waals surface area contributed by atoms with Gasteiger partial charge in [-0.25, -0.2) is 15.0 Å². The fraction of sp³-hybridized carbons (Fsp3) is 0.143. The molecule has 0 bridgehead atoms. The number of aromatic amines is 1. The Morgan fingerprint density at radius 3 is 3.09 bits per heavy atom. The van der Waals surface area contributed by atoms with Crippen molar-refractivity contribution in [1.82, 2.24) is 19.9 Å². The Hall–Kier alpha value is -2.12. The number of anilines is 1. The monoisotopic (exact) mass is 333 g/mol. The molecule has 0 radical (unpaired) electrons. The van der Waals surface area contributed by atoms with Gasteiger partial charge in [-0.3, -0.25) is 4.79 Å². The zero-order chi connectivity index (χ0) is 15.5. The number of aryl methyl sites for hydroxylation is 1. The molecule has 0 spiro atoms. The second-order valence-electron chi connectivity index (χ2n) is 4.58. The number of hydrogen-bond donors (Lipinski definition) is 2. The minimum Gasteiger partial charge on any atom is -0.341 e. The Kier molecular flexibility index (Phi) is 4.26. The number of hydrogen-bond acceptors (Lipinski definition) is 5. The number of rotatable bonds is 4. The number of carbonyl (C=O) groups excluding carboxylic acids is 1. The van der Waals surface area contributed by atoms with E-state index in [1.165, 1.54) is 18.1 Å². The summed E-state index contributed by atoms with van der Waals surface area (Å²) in [6.07, 6.45) is 2.99. The van der Waals surface area contributed by atoms with Gasteiger partial charge in [-0.05, 0) is 24.6 Å². The Morgan fingerprint density at radius 1 is 1.36 bits per heavy atom. The van der Waals surface area contributed by atoms with E-state index >= 15 is 0 Å². The van der Waals surface area contributed by atoms with Crippen molar-refractivity contribution in [1.29, 1.82) is 0 Å². The summed E-state index contributed by atoms with van der Waals surface area (Å²) >= 11 is 7.27. The van der Waals surface area contributed by atoms with E-state index in [4.69, 9.17) is 11.6 Å². The predicted molar refractivity (Wildman–Crippen MR) is 87.2 cm³/mol. The summed E-state index contributed by atoms with van der Waals surface area (Å²) in [5, 5.41) is 4.13. The van der Waals surface area contributed by atoms with Crippen molar-refractivity contribution in [2.45, 2.75) is 11.9 Å². The topological polar surface area (TPSA) is 83.6 Å². The molecule has 1 amide bonds. The van der Waals surface area contributed by atoms with Gasteiger partial charge < -0.3 is 10.3 Å². The number of fused-ring (bicyclic) bond motifs is 1. The van der Waals surface area contributed by atoms with Crippen LogP contribution in [0.3, 0.4) is 0 Å². The molecule has 3 aromatic rings. The molecule has 6 nitrogen and oxygen atoms in total. The standard InChI is InChI=1S/C14H12ClN5OS/c1-8-2-3-9(15)4-10(8)20-11(21)5-22-14-12-13(17-6-16-12)18-7-19-14/h2-4,6-7H,5H2,1H3,(H,20,21)(H,16,17,18,19). The van der Waals surface area contributed by atoms with Crippen LogP contribution in [0.5, 0.6) is 0 Å². The van der Waals surface area contributed by atoms with Crippen LogP contribution < -0.4 is 5.32 Å². The van der Waals surface area contributed by atoms with Crippen LogP contribution in [0.25, 0.3) is 11.2 Å². The van der Waals surface area contributed by atoms with Crippen molar-refractivity contribution >= 4 is 46.1 Å². The highest BCUT2D eigenvalue weighted by Gasteiger charge is 2.10. The fourth-order valence-electron chi connectivity index (χ4n) is 1.90. The van der Waals surface area contributed by atoms with Gasteiger partial charge in [0, 0.05) is 10.7 Å². The predicted octanol–water partition coefficient (Wildman–Crippen LogP) is 3.05. The summed E-state index contributed by atoms with van der Waals surface area (Å²) < 4.78 is 0. The van der Waals surface area contributed by atoms with Crippen molar-refractivity contribution in [3.8, 4) is 0 Å². The van der Waals surface area contributed by atoms with E-state index < -0.39 is 0 Å². The van der Waals surface area contributed by atoms with Crippen LogP contribution in [0, 0.1) is 6.92 Å². The first-order valence-corrected chi connectivity index (χ1v) is 7.83.